The molecule has 0 saturated carbocycles. The van der Waals surface area contributed by atoms with Crippen LogP contribution in [0.2, 0.25) is 0 Å². The third-order valence-corrected chi connectivity index (χ3v) is 3.97. The molecule has 1 aromatic rings. The van der Waals surface area contributed by atoms with Gasteiger partial charge in [0.1, 0.15) is 5.69 Å². The molecule has 0 radical (unpaired) electrons. The van der Waals surface area contributed by atoms with Crippen LogP contribution in [0.5, 0.6) is 0 Å². The van der Waals surface area contributed by atoms with E-state index in [0.717, 1.165) is 32.4 Å². The number of rotatable bonds is 7. The van der Waals surface area contributed by atoms with Crippen LogP contribution in [0.4, 0.5) is 0 Å². The number of nitrogens with zero attached hydrogens (tertiary/aromatic N) is 3. The second-order valence-corrected chi connectivity index (χ2v) is 5.89. The molecule has 1 atom stereocenters. The lowest BCUT2D eigenvalue weighted by Crippen LogP contribution is -2.40. The Bertz CT molecular complexity index is 458. The van der Waals surface area contributed by atoms with Crippen molar-refractivity contribution in [2.75, 3.05) is 26.2 Å². The zero-order valence-corrected chi connectivity index (χ0v) is 13.0. The number of carbonyl (C=O) groups excluding carboxylic acids is 1. The SMILES string of the molecule is CC(C)n1ccc(C(=O)NC[C@@H]2CCCN2CCCO)n1. The van der Waals surface area contributed by atoms with Gasteiger partial charge in [-0.3, -0.25) is 14.4 Å². The summed E-state index contributed by atoms with van der Waals surface area (Å²) < 4.78 is 1.79. The molecule has 1 aliphatic heterocycles. The number of hydrogen-bond donors (Lipinski definition) is 2. The summed E-state index contributed by atoms with van der Waals surface area (Å²) in [5, 5.41) is 16.2. The van der Waals surface area contributed by atoms with Crippen molar-refractivity contribution in [3.8, 4) is 0 Å². The molecule has 2 heterocycles. The molecule has 2 N–H and O–H groups in total. The van der Waals surface area contributed by atoms with E-state index in [4.69, 9.17) is 5.11 Å². The van der Waals surface area contributed by atoms with Crippen LogP contribution in [0.3, 0.4) is 0 Å². The fourth-order valence-corrected chi connectivity index (χ4v) is 2.74. The zero-order valence-electron chi connectivity index (χ0n) is 13.0. The maximum Gasteiger partial charge on any atom is 0.271 e. The second-order valence-electron chi connectivity index (χ2n) is 5.89. The number of carbonyl (C=O) groups is 1. The van der Waals surface area contributed by atoms with Crippen molar-refractivity contribution in [2.45, 2.75) is 45.2 Å². The van der Waals surface area contributed by atoms with Crippen molar-refractivity contribution >= 4 is 5.91 Å². The molecule has 1 aromatic heterocycles. The van der Waals surface area contributed by atoms with Gasteiger partial charge in [0.15, 0.2) is 0 Å². The van der Waals surface area contributed by atoms with Crippen LogP contribution in [-0.2, 0) is 0 Å². The summed E-state index contributed by atoms with van der Waals surface area (Å²) in [6.07, 6.45) is 4.89. The fourth-order valence-electron chi connectivity index (χ4n) is 2.74. The topological polar surface area (TPSA) is 70.4 Å². The zero-order chi connectivity index (χ0) is 15.2. The number of hydrogen-bond acceptors (Lipinski definition) is 4. The normalized spacial score (nSPS) is 19.3. The standard InChI is InChI=1S/C15H26N4O2/c1-12(2)19-9-6-14(17-19)15(21)16-11-13-5-3-7-18(13)8-4-10-20/h6,9,12-13,20H,3-5,7-8,10-11H2,1-2H3,(H,16,21)/t13-/m0/s1. The minimum absolute atomic E-state index is 0.108. The molecule has 1 aliphatic rings. The average molecular weight is 294 g/mol. The largest absolute Gasteiger partial charge is 0.396 e. The molecule has 0 unspecified atom stereocenters. The van der Waals surface area contributed by atoms with Crippen molar-refractivity contribution in [2.24, 2.45) is 0 Å². The van der Waals surface area contributed by atoms with Crippen LogP contribution in [0.1, 0.15) is 49.6 Å². The molecule has 6 heteroatoms. The van der Waals surface area contributed by atoms with Gasteiger partial charge < -0.3 is 10.4 Å². The number of aliphatic hydroxyl groups excluding tert-OH is 1. The van der Waals surface area contributed by atoms with Crippen molar-refractivity contribution in [1.82, 2.24) is 20.0 Å². The highest BCUT2D eigenvalue weighted by atomic mass is 16.3. The Hall–Kier alpha value is -1.40. The molecule has 0 aromatic carbocycles. The molecule has 6 nitrogen and oxygen atoms in total. The lowest BCUT2D eigenvalue weighted by Gasteiger charge is -2.24. The van der Waals surface area contributed by atoms with Crippen LogP contribution in [-0.4, -0.2) is 58.0 Å². The maximum atomic E-state index is 12.1. The molecule has 118 valence electrons. The van der Waals surface area contributed by atoms with Gasteiger partial charge in [-0.15, -0.1) is 0 Å². The third-order valence-electron chi connectivity index (χ3n) is 3.97. The average Bonchev–Trinajstić information content (AvgIpc) is 3.11. The molecule has 0 spiro atoms. The molecule has 1 saturated heterocycles. The van der Waals surface area contributed by atoms with Crippen molar-refractivity contribution in [1.29, 1.82) is 0 Å². The summed E-state index contributed by atoms with van der Waals surface area (Å²) in [5.41, 5.74) is 0.476. The number of nitrogens with one attached hydrogen (secondary N) is 1. The first-order valence-electron chi connectivity index (χ1n) is 7.80. The van der Waals surface area contributed by atoms with Gasteiger partial charge in [-0.2, -0.15) is 5.10 Å². The molecule has 1 fully saturated rings. The Morgan fingerprint density at radius 1 is 1.57 bits per heavy atom. The van der Waals surface area contributed by atoms with E-state index in [2.05, 4.69) is 15.3 Å². The minimum atomic E-state index is -0.108. The van der Waals surface area contributed by atoms with Crippen molar-refractivity contribution in [3.05, 3.63) is 18.0 Å². The van der Waals surface area contributed by atoms with E-state index < -0.39 is 0 Å². The Balaban J connectivity index is 1.82. The maximum absolute atomic E-state index is 12.1. The lowest BCUT2D eigenvalue weighted by atomic mass is 10.2. The predicted octanol–water partition coefficient (Wildman–Crippen LogP) is 1.04. The highest BCUT2D eigenvalue weighted by Gasteiger charge is 2.24. The second kappa shape index (κ2) is 7.56. The summed E-state index contributed by atoms with van der Waals surface area (Å²) >= 11 is 0. The number of aliphatic hydroxyl groups is 1. The predicted molar refractivity (Wildman–Crippen MR) is 81.2 cm³/mol. The first kappa shape index (κ1) is 16.0. The van der Waals surface area contributed by atoms with Crippen molar-refractivity contribution < 1.29 is 9.90 Å². The number of likely N-dealkylation sites (tertiary alicyclic amines) is 1. The smallest absolute Gasteiger partial charge is 0.271 e. The minimum Gasteiger partial charge on any atom is -0.396 e. The lowest BCUT2D eigenvalue weighted by molar-refractivity contribution is 0.0933. The van der Waals surface area contributed by atoms with Gasteiger partial charge in [0, 0.05) is 38.0 Å². The number of aromatic nitrogens is 2. The van der Waals surface area contributed by atoms with Gasteiger partial charge in [0.25, 0.3) is 5.91 Å². The van der Waals surface area contributed by atoms with Gasteiger partial charge in [-0.05, 0) is 45.7 Å². The molecule has 2 rings (SSSR count). The highest BCUT2D eigenvalue weighted by molar-refractivity contribution is 5.92. The quantitative estimate of drug-likeness (QED) is 0.788. The first-order chi connectivity index (χ1) is 10.1. The van der Waals surface area contributed by atoms with E-state index in [-0.39, 0.29) is 18.6 Å². The molecule has 1 amide bonds. The van der Waals surface area contributed by atoms with Crippen LogP contribution in [0, 0.1) is 0 Å². The Morgan fingerprint density at radius 2 is 2.38 bits per heavy atom. The molecule has 0 aliphatic carbocycles. The third kappa shape index (κ3) is 4.28. The van der Waals surface area contributed by atoms with E-state index in [0.29, 0.717) is 18.3 Å². The van der Waals surface area contributed by atoms with Crippen LogP contribution in [0.25, 0.3) is 0 Å². The molecule has 0 bridgehead atoms. The monoisotopic (exact) mass is 294 g/mol. The Kier molecular flexibility index (Phi) is 5.76. The summed E-state index contributed by atoms with van der Waals surface area (Å²) in [5.74, 6) is -0.108. The highest BCUT2D eigenvalue weighted by Crippen LogP contribution is 2.16. The van der Waals surface area contributed by atoms with E-state index in [1.807, 2.05) is 20.0 Å². The first-order valence-corrected chi connectivity index (χ1v) is 7.80. The summed E-state index contributed by atoms with van der Waals surface area (Å²) in [7, 11) is 0. The van der Waals surface area contributed by atoms with Crippen molar-refractivity contribution in [3.63, 3.8) is 0 Å². The van der Waals surface area contributed by atoms with Gasteiger partial charge in [0.2, 0.25) is 0 Å². The van der Waals surface area contributed by atoms with E-state index in [1.165, 1.54) is 0 Å². The Labute approximate surface area is 126 Å². The number of amides is 1. The molecular formula is C15H26N4O2. The fraction of sp³-hybridized carbons (Fsp3) is 0.733. The van der Waals surface area contributed by atoms with Crippen LogP contribution < -0.4 is 5.32 Å². The molecule has 21 heavy (non-hydrogen) atoms. The molecular weight excluding hydrogens is 268 g/mol. The summed E-state index contributed by atoms with van der Waals surface area (Å²) in [4.78, 5) is 14.5. The summed E-state index contributed by atoms with van der Waals surface area (Å²) in [6.45, 7) is 6.90. The van der Waals surface area contributed by atoms with Gasteiger partial charge >= 0.3 is 0 Å². The van der Waals surface area contributed by atoms with Gasteiger partial charge in [-0.1, -0.05) is 0 Å². The van der Waals surface area contributed by atoms with Gasteiger partial charge in [-0.25, -0.2) is 0 Å². The van der Waals surface area contributed by atoms with Crippen LogP contribution in [0.15, 0.2) is 12.3 Å². The van der Waals surface area contributed by atoms with E-state index in [9.17, 15) is 4.79 Å². The van der Waals surface area contributed by atoms with Gasteiger partial charge in [0.05, 0.1) is 0 Å². The van der Waals surface area contributed by atoms with E-state index >= 15 is 0 Å². The Morgan fingerprint density at radius 3 is 3.05 bits per heavy atom. The summed E-state index contributed by atoms with van der Waals surface area (Å²) in [6, 6.07) is 2.40. The van der Waals surface area contributed by atoms with Crippen LogP contribution >= 0.6 is 0 Å². The van der Waals surface area contributed by atoms with E-state index in [1.54, 1.807) is 10.7 Å².